The Balaban J connectivity index is 1.94. The van der Waals surface area contributed by atoms with Crippen LogP contribution in [-0.2, 0) is 0 Å². The molecule has 0 aromatic heterocycles. The van der Waals surface area contributed by atoms with E-state index in [0.29, 0.717) is 17.9 Å². The van der Waals surface area contributed by atoms with Crippen molar-refractivity contribution in [3.05, 3.63) is 54.1 Å². The van der Waals surface area contributed by atoms with Crippen LogP contribution in [0.5, 0.6) is 11.5 Å². The Labute approximate surface area is 129 Å². The maximum absolute atomic E-state index is 12.1. The molecule has 0 bridgehead atoms. The van der Waals surface area contributed by atoms with Gasteiger partial charge in [-0.1, -0.05) is 6.07 Å². The summed E-state index contributed by atoms with van der Waals surface area (Å²) in [7, 11) is 1.63. The predicted octanol–water partition coefficient (Wildman–Crippen LogP) is 4.07. The number of hydrogen-bond donors (Lipinski definition) is 0. The summed E-state index contributed by atoms with van der Waals surface area (Å²) in [4.78, 5) is 13.2. The van der Waals surface area contributed by atoms with Gasteiger partial charge in [0.05, 0.1) is 19.5 Å². The van der Waals surface area contributed by atoms with Crippen LogP contribution in [0, 0.1) is 0 Å². The highest BCUT2D eigenvalue weighted by atomic mass is 32.2. The lowest BCUT2D eigenvalue weighted by molar-refractivity contribution is 0.102. The summed E-state index contributed by atoms with van der Waals surface area (Å²) in [5.74, 6) is 2.09. The van der Waals surface area contributed by atoms with Crippen LogP contribution in [0.15, 0.2) is 53.4 Å². The van der Waals surface area contributed by atoms with Gasteiger partial charge in [0.2, 0.25) is 0 Å². The number of ether oxygens (including phenoxy) is 2. The lowest BCUT2D eigenvalue weighted by Gasteiger charge is -2.06. The van der Waals surface area contributed by atoms with Gasteiger partial charge in [0, 0.05) is 10.5 Å². The zero-order valence-electron chi connectivity index (χ0n) is 12.2. The lowest BCUT2D eigenvalue weighted by atomic mass is 10.1. The van der Waals surface area contributed by atoms with E-state index in [1.165, 1.54) is 11.8 Å². The molecule has 0 saturated carbocycles. The summed E-state index contributed by atoms with van der Waals surface area (Å²) >= 11 is 1.51. The second kappa shape index (κ2) is 7.74. The molecule has 0 fully saturated rings. The Hall–Kier alpha value is -1.94. The van der Waals surface area contributed by atoms with E-state index in [1.807, 2.05) is 43.3 Å². The first-order chi connectivity index (χ1) is 10.2. The number of benzene rings is 2. The van der Waals surface area contributed by atoms with E-state index in [4.69, 9.17) is 9.47 Å². The monoisotopic (exact) mass is 302 g/mol. The first-order valence-electron chi connectivity index (χ1n) is 6.76. The van der Waals surface area contributed by atoms with Crippen LogP contribution in [0.4, 0.5) is 0 Å². The quantitative estimate of drug-likeness (QED) is 0.570. The number of rotatable bonds is 7. The van der Waals surface area contributed by atoms with Crippen molar-refractivity contribution in [3.8, 4) is 11.5 Å². The van der Waals surface area contributed by atoms with Crippen molar-refractivity contribution in [3.63, 3.8) is 0 Å². The molecular weight excluding hydrogens is 284 g/mol. The number of hydrogen-bond acceptors (Lipinski definition) is 4. The smallest absolute Gasteiger partial charge is 0.173 e. The van der Waals surface area contributed by atoms with Gasteiger partial charge in [-0.05, 0) is 49.4 Å². The molecule has 0 saturated heterocycles. The van der Waals surface area contributed by atoms with Crippen molar-refractivity contribution >= 4 is 17.5 Å². The molecule has 2 rings (SSSR count). The third-order valence-corrected chi connectivity index (χ3v) is 3.89. The van der Waals surface area contributed by atoms with Crippen LogP contribution in [0.1, 0.15) is 17.3 Å². The minimum Gasteiger partial charge on any atom is -0.497 e. The molecule has 21 heavy (non-hydrogen) atoms. The van der Waals surface area contributed by atoms with Crippen molar-refractivity contribution in [1.29, 1.82) is 0 Å². The largest absolute Gasteiger partial charge is 0.497 e. The molecule has 2 aromatic rings. The second-order valence-electron chi connectivity index (χ2n) is 4.35. The second-order valence-corrected chi connectivity index (χ2v) is 5.40. The fraction of sp³-hybridized carbons (Fsp3) is 0.235. The van der Waals surface area contributed by atoms with Crippen molar-refractivity contribution in [2.45, 2.75) is 11.8 Å². The molecule has 0 unspecified atom stereocenters. The van der Waals surface area contributed by atoms with Crippen LogP contribution in [-0.4, -0.2) is 25.3 Å². The zero-order chi connectivity index (χ0) is 15.1. The molecule has 0 amide bonds. The number of carbonyl (C=O) groups excluding carboxylic acids is 1. The van der Waals surface area contributed by atoms with Crippen LogP contribution in [0.3, 0.4) is 0 Å². The molecule has 0 radical (unpaired) electrons. The van der Waals surface area contributed by atoms with Gasteiger partial charge in [0.1, 0.15) is 11.5 Å². The van der Waals surface area contributed by atoms with E-state index in [9.17, 15) is 4.79 Å². The molecule has 2 aromatic carbocycles. The van der Waals surface area contributed by atoms with Crippen LogP contribution < -0.4 is 9.47 Å². The molecule has 0 aliphatic carbocycles. The van der Waals surface area contributed by atoms with Crippen LogP contribution >= 0.6 is 11.8 Å². The summed E-state index contributed by atoms with van der Waals surface area (Å²) in [6.45, 7) is 2.56. The average molecular weight is 302 g/mol. The predicted molar refractivity (Wildman–Crippen MR) is 85.7 cm³/mol. The van der Waals surface area contributed by atoms with Gasteiger partial charge in [-0.3, -0.25) is 4.79 Å². The summed E-state index contributed by atoms with van der Waals surface area (Å²) in [5.41, 5.74) is 0.703. The van der Waals surface area contributed by atoms with Crippen molar-refractivity contribution in [2.24, 2.45) is 0 Å². The average Bonchev–Trinajstić information content (AvgIpc) is 2.54. The highest BCUT2D eigenvalue weighted by molar-refractivity contribution is 8.00. The van der Waals surface area contributed by atoms with Gasteiger partial charge in [0.15, 0.2) is 5.78 Å². The third kappa shape index (κ3) is 4.53. The SMILES string of the molecule is CCOc1ccc(C(=O)CSc2cccc(OC)c2)cc1. The first-order valence-corrected chi connectivity index (χ1v) is 7.74. The zero-order valence-corrected chi connectivity index (χ0v) is 13.0. The topological polar surface area (TPSA) is 35.5 Å². The van der Waals surface area contributed by atoms with Gasteiger partial charge in [-0.25, -0.2) is 0 Å². The molecule has 0 heterocycles. The third-order valence-electron chi connectivity index (χ3n) is 2.90. The molecule has 110 valence electrons. The Kier molecular flexibility index (Phi) is 5.69. The van der Waals surface area contributed by atoms with Crippen molar-refractivity contribution in [1.82, 2.24) is 0 Å². The molecule has 4 heteroatoms. The van der Waals surface area contributed by atoms with Gasteiger partial charge < -0.3 is 9.47 Å². The number of thioether (sulfide) groups is 1. The van der Waals surface area contributed by atoms with Crippen LogP contribution in [0.25, 0.3) is 0 Å². The molecule has 0 aliphatic heterocycles. The van der Waals surface area contributed by atoms with E-state index in [0.717, 1.165) is 16.4 Å². The lowest BCUT2D eigenvalue weighted by Crippen LogP contribution is -2.02. The first kappa shape index (κ1) is 15.4. The molecule has 3 nitrogen and oxygen atoms in total. The Morgan fingerprint density at radius 2 is 1.86 bits per heavy atom. The maximum atomic E-state index is 12.1. The van der Waals surface area contributed by atoms with Gasteiger partial charge in [0.25, 0.3) is 0 Å². The maximum Gasteiger partial charge on any atom is 0.173 e. The number of Topliss-reactive ketones (excluding diaryl/α,β-unsaturated/α-hetero) is 1. The summed E-state index contributed by atoms with van der Waals surface area (Å²) in [6, 6.07) is 15.0. The molecular formula is C17H18O3S. The standard InChI is InChI=1S/C17H18O3S/c1-3-20-14-9-7-13(8-10-14)17(18)12-21-16-6-4-5-15(11-16)19-2/h4-11H,3,12H2,1-2H3. The van der Waals surface area contributed by atoms with Crippen molar-refractivity contribution in [2.75, 3.05) is 19.5 Å². The summed E-state index contributed by atoms with van der Waals surface area (Å²) in [6.07, 6.45) is 0. The minimum absolute atomic E-state index is 0.103. The van der Waals surface area contributed by atoms with E-state index in [-0.39, 0.29) is 5.78 Å². The van der Waals surface area contributed by atoms with E-state index in [1.54, 1.807) is 19.2 Å². The Morgan fingerprint density at radius 3 is 2.52 bits per heavy atom. The summed E-state index contributed by atoms with van der Waals surface area (Å²) in [5, 5.41) is 0. The fourth-order valence-electron chi connectivity index (χ4n) is 1.83. The highest BCUT2D eigenvalue weighted by Gasteiger charge is 2.07. The Morgan fingerprint density at radius 1 is 1.10 bits per heavy atom. The normalized spacial score (nSPS) is 10.2. The number of methoxy groups -OCH3 is 1. The van der Waals surface area contributed by atoms with E-state index >= 15 is 0 Å². The van der Waals surface area contributed by atoms with Crippen LogP contribution in [0.2, 0.25) is 0 Å². The van der Waals surface area contributed by atoms with E-state index in [2.05, 4.69) is 0 Å². The number of carbonyl (C=O) groups is 1. The fourth-order valence-corrected chi connectivity index (χ4v) is 2.67. The van der Waals surface area contributed by atoms with Gasteiger partial charge >= 0.3 is 0 Å². The Bertz CT molecular complexity index is 593. The number of ketones is 1. The molecule has 0 spiro atoms. The molecule has 0 atom stereocenters. The van der Waals surface area contributed by atoms with E-state index < -0.39 is 0 Å². The molecule has 0 N–H and O–H groups in total. The highest BCUT2D eigenvalue weighted by Crippen LogP contribution is 2.24. The summed E-state index contributed by atoms with van der Waals surface area (Å²) < 4.78 is 10.5. The van der Waals surface area contributed by atoms with Crippen molar-refractivity contribution < 1.29 is 14.3 Å². The van der Waals surface area contributed by atoms with Gasteiger partial charge in [-0.15, -0.1) is 11.8 Å². The minimum atomic E-state index is 0.103. The molecule has 0 aliphatic rings. The van der Waals surface area contributed by atoms with Gasteiger partial charge in [-0.2, -0.15) is 0 Å².